The average Bonchev–Trinajstić information content (AvgIpc) is 3.73. The zero-order valence-corrected chi connectivity index (χ0v) is 26.3. The zero-order valence-electron chi connectivity index (χ0n) is 26.3. The van der Waals surface area contributed by atoms with Gasteiger partial charge in [-0.1, -0.05) is 129 Å². The van der Waals surface area contributed by atoms with Crippen LogP contribution in [0.15, 0.2) is 156 Å². The van der Waals surface area contributed by atoms with Crippen molar-refractivity contribution < 1.29 is 4.42 Å². The van der Waals surface area contributed by atoms with Crippen LogP contribution in [0.3, 0.4) is 0 Å². The van der Waals surface area contributed by atoms with Crippen molar-refractivity contribution in [3.8, 4) is 39.1 Å². The Kier molecular flexibility index (Phi) is 5.37. The second kappa shape index (κ2) is 9.57. The zero-order chi connectivity index (χ0) is 31.3. The van der Waals surface area contributed by atoms with Crippen molar-refractivity contribution in [2.75, 3.05) is 0 Å². The van der Waals surface area contributed by atoms with E-state index in [2.05, 4.69) is 170 Å². The number of nitrogens with zero attached hydrogens (tertiary/aromatic N) is 1. The minimum absolute atomic E-state index is 0.212. The number of hydrogen-bond donors (Lipinski definition) is 0. The SMILES string of the molecule is CC1(C)c2cc(-n3c4cc(-c5ccccc5)ccc4c4ccc(-c5ccccc5)cc43)ccc2-c2ccc3oc4ccccc4c3c21. The van der Waals surface area contributed by atoms with Crippen LogP contribution in [0.4, 0.5) is 0 Å². The van der Waals surface area contributed by atoms with Crippen molar-refractivity contribution >= 4 is 43.7 Å². The van der Waals surface area contributed by atoms with Gasteiger partial charge in [0, 0.05) is 32.6 Å². The second-order valence-corrected chi connectivity index (χ2v) is 13.3. The monoisotopic (exact) mass is 601 g/mol. The van der Waals surface area contributed by atoms with Crippen LogP contribution in [0.1, 0.15) is 25.0 Å². The molecule has 0 unspecified atom stereocenters. The molecule has 0 saturated heterocycles. The fraction of sp³-hybridized carbons (Fsp3) is 0.0667. The molecule has 47 heavy (non-hydrogen) atoms. The summed E-state index contributed by atoms with van der Waals surface area (Å²) in [7, 11) is 0. The van der Waals surface area contributed by atoms with Gasteiger partial charge < -0.3 is 8.98 Å². The first-order valence-corrected chi connectivity index (χ1v) is 16.4. The molecule has 1 aliphatic carbocycles. The highest BCUT2D eigenvalue weighted by Gasteiger charge is 2.38. The number of furan rings is 1. The smallest absolute Gasteiger partial charge is 0.135 e. The molecule has 2 aromatic heterocycles. The summed E-state index contributed by atoms with van der Waals surface area (Å²) in [5.41, 5.74) is 15.5. The van der Waals surface area contributed by atoms with Crippen molar-refractivity contribution in [3.63, 3.8) is 0 Å². The maximum absolute atomic E-state index is 6.34. The highest BCUT2D eigenvalue weighted by atomic mass is 16.3. The number of benzene rings is 7. The Hall–Kier alpha value is -5.86. The molecular weight excluding hydrogens is 571 g/mol. The summed E-state index contributed by atoms with van der Waals surface area (Å²) in [5, 5.41) is 4.94. The molecule has 2 heterocycles. The first-order chi connectivity index (χ1) is 23.1. The predicted octanol–water partition coefficient (Wildman–Crippen LogP) is 12.3. The summed E-state index contributed by atoms with van der Waals surface area (Å²) < 4.78 is 8.82. The van der Waals surface area contributed by atoms with Crippen LogP contribution in [0, 0.1) is 0 Å². The lowest BCUT2D eigenvalue weighted by molar-refractivity contribution is 0.656. The summed E-state index contributed by atoms with van der Waals surface area (Å²) in [5.74, 6) is 0. The molecular formula is C45H31NO. The van der Waals surface area contributed by atoms with E-state index in [1.165, 1.54) is 82.8 Å². The van der Waals surface area contributed by atoms with Gasteiger partial charge in [-0.3, -0.25) is 0 Å². The summed E-state index contributed by atoms with van der Waals surface area (Å²) in [4.78, 5) is 0. The van der Waals surface area contributed by atoms with Crippen molar-refractivity contribution in [2.45, 2.75) is 19.3 Å². The van der Waals surface area contributed by atoms with Gasteiger partial charge in [0.1, 0.15) is 11.2 Å². The molecule has 0 bridgehead atoms. The molecule has 0 spiro atoms. The number of fused-ring (bicyclic) bond motifs is 10. The van der Waals surface area contributed by atoms with Crippen LogP contribution in [-0.2, 0) is 5.41 Å². The number of rotatable bonds is 3. The van der Waals surface area contributed by atoms with Crippen LogP contribution in [0.2, 0.25) is 0 Å². The maximum atomic E-state index is 6.34. The van der Waals surface area contributed by atoms with Gasteiger partial charge in [0.2, 0.25) is 0 Å². The molecule has 0 atom stereocenters. The third-order valence-corrected chi connectivity index (χ3v) is 10.4. The highest BCUT2D eigenvalue weighted by molar-refractivity contribution is 6.12. The number of hydrogen-bond acceptors (Lipinski definition) is 1. The van der Waals surface area contributed by atoms with Crippen molar-refractivity contribution in [1.82, 2.24) is 4.57 Å². The summed E-state index contributed by atoms with van der Waals surface area (Å²) >= 11 is 0. The minimum Gasteiger partial charge on any atom is -0.456 e. The fourth-order valence-corrected chi connectivity index (χ4v) is 8.17. The van der Waals surface area contributed by atoms with E-state index in [1.807, 2.05) is 0 Å². The Balaban J connectivity index is 1.24. The van der Waals surface area contributed by atoms with Gasteiger partial charge in [0.05, 0.1) is 11.0 Å². The molecule has 2 nitrogen and oxygen atoms in total. The minimum atomic E-state index is -0.212. The molecule has 2 heteroatoms. The van der Waals surface area contributed by atoms with Crippen LogP contribution < -0.4 is 0 Å². The molecule has 0 N–H and O–H groups in total. The molecule has 0 saturated carbocycles. The van der Waals surface area contributed by atoms with E-state index in [9.17, 15) is 0 Å². The Morgan fingerprint density at radius 1 is 0.468 bits per heavy atom. The molecule has 0 amide bonds. The van der Waals surface area contributed by atoms with E-state index in [0.29, 0.717) is 0 Å². The highest BCUT2D eigenvalue weighted by Crippen LogP contribution is 2.53. The van der Waals surface area contributed by atoms with E-state index >= 15 is 0 Å². The van der Waals surface area contributed by atoms with Gasteiger partial charge in [-0.25, -0.2) is 0 Å². The van der Waals surface area contributed by atoms with E-state index < -0.39 is 0 Å². The Labute approximate surface area is 273 Å². The normalized spacial score (nSPS) is 13.5. The van der Waals surface area contributed by atoms with Crippen molar-refractivity contribution in [2.24, 2.45) is 0 Å². The summed E-state index contributed by atoms with van der Waals surface area (Å²) in [6.45, 7) is 4.74. The Morgan fingerprint density at radius 2 is 1.06 bits per heavy atom. The van der Waals surface area contributed by atoms with Gasteiger partial charge in [-0.15, -0.1) is 0 Å². The van der Waals surface area contributed by atoms with Crippen LogP contribution in [0.5, 0.6) is 0 Å². The van der Waals surface area contributed by atoms with Gasteiger partial charge in [-0.2, -0.15) is 0 Å². The van der Waals surface area contributed by atoms with Crippen LogP contribution in [-0.4, -0.2) is 4.57 Å². The van der Waals surface area contributed by atoms with Gasteiger partial charge >= 0.3 is 0 Å². The molecule has 0 radical (unpaired) electrons. The van der Waals surface area contributed by atoms with E-state index in [-0.39, 0.29) is 5.41 Å². The molecule has 9 aromatic rings. The molecule has 10 rings (SSSR count). The number of para-hydroxylation sites is 1. The lowest BCUT2D eigenvalue weighted by Crippen LogP contribution is -2.16. The molecule has 7 aromatic carbocycles. The van der Waals surface area contributed by atoms with Gasteiger partial charge in [0.15, 0.2) is 0 Å². The molecule has 1 aliphatic rings. The second-order valence-electron chi connectivity index (χ2n) is 13.3. The maximum Gasteiger partial charge on any atom is 0.135 e. The third kappa shape index (κ3) is 3.73. The van der Waals surface area contributed by atoms with E-state index in [0.717, 1.165) is 11.2 Å². The van der Waals surface area contributed by atoms with Crippen LogP contribution >= 0.6 is 0 Å². The first kappa shape index (κ1) is 26.4. The van der Waals surface area contributed by atoms with Crippen molar-refractivity contribution in [3.05, 3.63) is 163 Å². The summed E-state index contributed by atoms with van der Waals surface area (Å²) in [6, 6.07) is 55.1. The molecule has 0 fully saturated rings. The van der Waals surface area contributed by atoms with Crippen molar-refractivity contribution in [1.29, 1.82) is 0 Å². The van der Waals surface area contributed by atoms with E-state index in [4.69, 9.17) is 4.42 Å². The Morgan fingerprint density at radius 3 is 1.72 bits per heavy atom. The lowest BCUT2D eigenvalue weighted by atomic mass is 9.80. The lowest BCUT2D eigenvalue weighted by Gasteiger charge is -2.23. The summed E-state index contributed by atoms with van der Waals surface area (Å²) in [6.07, 6.45) is 0. The van der Waals surface area contributed by atoms with E-state index in [1.54, 1.807) is 0 Å². The fourth-order valence-electron chi connectivity index (χ4n) is 8.17. The topological polar surface area (TPSA) is 18.1 Å². The largest absolute Gasteiger partial charge is 0.456 e. The quantitative estimate of drug-likeness (QED) is 0.197. The predicted molar refractivity (Wildman–Crippen MR) is 196 cm³/mol. The average molecular weight is 602 g/mol. The first-order valence-electron chi connectivity index (χ1n) is 16.4. The number of aromatic nitrogens is 1. The Bertz CT molecular complexity index is 2590. The molecule has 0 aliphatic heterocycles. The standard InChI is InChI=1S/C45H31NO/c1-45(2)38-27-32(19-22-33(38)36-23-24-42-43(44(36)45)37-15-9-10-16-41(37)47-42)46-39-25-30(28-11-5-3-6-12-28)17-20-34(39)35-21-18-31(26-40(35)46)29-13-7-4-8-14-29/h3-27H,1-2H3. The van der Waals surface area contributed by atoms with Gasteiger partial charge in [0.25, 0.3) is 0 Å². The molecule has 222 valence electrons. The third-order valence-electron chi connectivity index (χ3n) is 10.4. The van der Waals surface area contributed by atoms with Gasteiger partial charge in [-0.05, 0) is 80.9 Å². The van der Waals surface area contributed by atoms with Crippen LogP contribution in [0.25, 0.3) is 82.8 Å².